The SMILES string of the molecule is CCCn1nc(C(=O)N(C)C)c2c1CCC(NC1CCCC1)C2. The van der Waals surface area contributed by atoms with E-state index in [0.717, 1.165) is 32.2 Å². The summed E-state index contributed by atoms with van der Waals surface area (Å²) < 4.78 is 2.08. The van der Waals surface area contributed by atoms with E-state index in [-0.39, 0.29) is 5.91 Å². The molecule has 3 rings (SSSR count). The van der Waals surface area contributed by atoms with Crippen molar-refractivity contribution >= 4 is 5.91 Å². The number of aryl methyl sites for hydroxylation is 1. The maximum Gasteiger partial charge on any atom is 0.274 e. The van der Waals surface area contributed by atoms with Crippen LogP contribution in [0.5, 0.6) is 0 Å². The quantitative estimate of drug-likeness (QED) is 0.907. The van der Waals surface area contributed by atoms with Gasteiger partial charge in [0.1, 0.15) is 0 Å². The number of hydrogen-bond donors (Lipinski definition) is 1. The van der Waals surface area contributed by atoms with Crippen molar-refractivity contribution in [2.24, 2.45) is 0 Å². The third-order valence-corrected chi connectivity index (χ3v) is 5.22. The number of carbonyl (C=O) groups excluding carboxylic acids is 1. The van der Waals surface area contributed by atoms with Gasteiger partial charge in [0.2, 0.25) is 0 Å². The van der Waals surface area contributed by atoms with Crippen molar-refractivity contribution in [2.75, 3.05) is 14.1 Å². The van der Waals surface area contributed by atoms with Crippen LogP contribution >= 0.6 is 0 Å². The van der Waals surface area contributed by atoms with Crippen molar-refractivity contribution in [3.05, 3.63) is 17.0 Å². The van der Waals surface area contributed by atoms with Crippen LogP contribution in [0.1, 0.15) is 67.2 Å². The summed E-state index contributed by atoms with van der Waals surface area (Å²) in [5.41, 5.74) is 3.16. The molecule has 1 aromatic rings. The van der Waals surface area contributed by atoms with Crippen molar-refractivity contribution < 1.29 is 4.79 Å². The summed E-state index contributed by atoms with van der Waals surface area (Å²) in [6, 6.07) is 1.18. The first-order chi connectivity index (χ1) is 11.1. The van der Waals surface area contributed by atoms with E-state index in [1.807, 2.05) is 14.1 Å². The number of rotatable bonds is 5. The highest BCUT2D eigenvalue weighted by Crippen LogP contribution is 2.27. The van der Waals surface area contributed by atoms with Crippen LogP contribution in [0.15, 0.2) is 0 Å². The van der Waals surface area contributed by atoms with Crippen molar-refractivity contribution in [3.63, 3.8) is 0 Å². The first-order valence-electron chi connectivity index (χ1n) is 9.16. The van der Waals surface area contributed by atoms with Crippen LogP contribution in [0.4, 0.5) is 0 Å². The van der Waals surface area contributed by atoms with Crippen LogP contribution in [0.25, 0.3) is 0 Å². The van der Waals surface area contributed by atoms with Gasteiger partial charge in [-0.1, -0.05) is 19.8 Å². The summed E-state index contributed by atoms with van der Waals surface area (Å²) in [5.74, 6) is 0.0395. The number of nitrogens with zero attached hydrogens (tertiary/aromatic N) is 3. The molecular weight excluding hydrogens is 288 g/mol. The highest BCUT2D eigenvalue weighted by molar-refractivity contribution is 5.93. The lowest BCUT2D eigenvalue weighted by Gasteiger charge is -2.27. The van der Waals surface area contributed by atoms with Crippen molar-refractivity contribution in [1.82, 2.24) is 20.0 Å². The molecule has 2 aliphatic carbocycles. The molecule has 0 aromatic carbocycles. The molecule has 23 heavy (non-hydrogen) atoms. The summed E-state index contributed by atoms with van der Waals surface area (Å²) in [4.78, 5) is 14.2. The Kier molecular flexibility index (Phi) is 5.05. The number of carbonyl (C=O) groups is 1. The molecule has 0 aliphatic heterocycles. The standard InChI is InChI=1S/C18H30N4O/c1-4-11-22-16-10-9-14(19-13-7-5-6-8-13)12-15(16)17(20-22)18(23)21(2)3/h13-14,19H,4-12H2,1-3H3. The van der Waals surface area contributed by atoms with Gasteiger partial charge in [-0.2, -0.15) is 5.10 Å². The Balaban J connectivity index is 1.82. The minimum Gasteiger partial charge on any atom is -0.343 e. The Morgan fingerprint density at radius 3 is 2.65 bits per heavy atom. The monoisotopic (exact) mass is 318 g/mol. The van der Waals surface area contributed by atoms with Crippen LogP contribution in [0.2, 0.25) is 0 Å². The van der Waals surface area contributed by atoms with Crippen molar-refractivity contribution in [3.8, 4) is 0 Å². The van der Waals surface area contributed by atoms with Crippen molar-refractivity contribution in [2.45, 2.75) is 76.9 Å². The van der Waals surface area contributed by atoms with Gasteiger partial charge in [0.25, 0.3) is 5.91 Å². The molecule has 1 fully saturated rings. The lowest BCUT2D eigenvalue weighted by atomic mass is 9.90. The largest absolute Gasteiger partial charge is 0.343 e. The molecule has 2 aliphatic rings. The third-order valence-electron chi connectivity index (χ3n) is 5.22. The molecule has 0 spiro atoms. The van der Waals surface area contributed by atoms with E-state index in [1.165, 1.54) is 36.9 Å². The topological polar surface area (TPSA) is 50.2 Å². The molecule has 0 radical (unpaired) electrons. The summed E-state index contributed by atoms with van der Waals surface area (Å²) >= 11 is 0. The molecule has 0 bridgehead atoms. The lowest BCUT2D eigenvalue weighted by molar-refractivity contribution is 0.0819. The number of amides is 1. The molecule has 1 N–H and O–H groups in total. The average molecular weight is 318 g/mol. The highest BCUT2D eigenvalue weighted by Gasteiger charge is 2.30. The van der Waals surface area contributed by atoms with Gasteiger partial charge in [-0.15, -0.1) is 0 Å². The molecule has 128 valence electrons. The maximum absolute atomic E-state index is 12.5. The molecule has 1 unspecified atom stereocenters. The minimum atomic E-state index is 0.0395. The van der Waals surface area contributed by atoms with Crippen LogP contribution in [-0.2, 0) is 19.4 Å². The maximum atomic E-state index is 12.5. The van der Waals surface area contributed by atoms with Gasteiger partial charge < -0.3 is 10.2 Å². The molecule has 1 atom stereocenters. The van der Waals surface area contributed by atoms with Gasteiger partial charge >= 0.3 is 0 Å². The predicted octanol–water partition coefficient (Wildman–Crippen LogP) is 2.38. The van der Waals surface area contributed by atoms with Crippen LogP contribution < -0.4 is 5.32 Å². The van der Waals surface area contributed by atoms with Crippen LogP contribution in [0, 0.1) is 0 Å². The summed E-state index contributed by atoms with van der Waals surface area (Å²) in [6.45, 7) is 3.07. The Morgan fingerprint density at radius 1 is 1.26 bits per heavy atom. The second-order valence-electron chi connectivity index (χ2n) is 7.28. The molecule has 1 saturated carbocycles. The first kappa shape index (κ1) is 16.5. The molecule has 5 heteroatoms. The first-order valence-corrected chi connectivity index (χ1v) is 9.16. The zero-order valence-corrected chi connectivity index (χ0v) is 14.8. The Morgan fingerprint density at radius 2 is 2.00 bits per heavy atom. The third kappa shape index (κ3) is 3.44. The second-order valence-corrected chi connectivity index (χ2v) is 7.28. The van der Waals surface area contributed by atoms with E-state index >= 15 is 0 Å². The minimum absolute atomic E-state index is 0.0395. The molecule has 1 aromatic heterocycles. The summed E-state index contributed by atoms with van der Waals surface area (Å²) in [6.07, 6.45) is 9.52. The Bertz CT molecular complexity index is 558. The fourth-order valence-corrected chi connectivity index (χ4v) is 4.04. The number of fused-ring (bicyclic) bond motifs is 1. The highest BCUT2D eigenvalue weighted by atomic mass is 16.2. The lowest BCUT2D eigenvalue weighted by Crippen LogP contribution is -2.40. The number of nitrogens with one attached hydrogen (secondary N) is 1. The van der Waals surface area contributed by atoms with E-state index in [2.05, 4.69) is 22.0 Å². The van der Waals surface area contributed by atoms with E-state index in [1.54, 1.807) is 4.90 Å². The molecular formula is C18H30N4O. The van der Waals surface area contributed by atoms with Gasteiger partial charge in [-0.05, 0) is 38.5 Å². The predicted molar refractivity (Wildman–Crippen MR) is 91.7 cm³/mol. The fraction of sp³-hybridized carbons (Fsp3) is 0.778. The Hall–Kier alpha value is -1.36. The second kappa shape index (κ2) is 7.04. The Labute approximate surface area is 139 Å². The number of hydrogen-bond acceptors (Lipinski definition) is 3. The van der Waals surface area contributed by atoms with E-state index < -0.39 is 0 Å². The van der Waals surface area contributed by atoms with Crippen LogP contribution in [0.3, 0.4) is 0 Å². The van der Waals surface area contributed by atoms with E-state index in [9.17, 15) is 4.79 Å². The van der Waals surface area contributed by atoms with E-state index in [4.69, 9.17) is 0 Å². The molecule has 1 amide bonds. The average Bonchev–Trinajstić information content (AvgIpc) is 3.15. The zero-order chi connectivity index (χ0) is 16.4. The molecule has 0 saturated heterocycles. The van der Waals surface area contributed by atoms with Gasteiger partial charge in [0.05, 0.1) is 0 Å². The van der Waals surface area contributed by atoms with Gasteiger partial charge in [0, 0.05) is 44.0 Å². The summed E-state index contributed by atoms with van der Waals surface area (Å²) in [5, 5.41) is 8.50. The van der Waals surface area contributed by atoms with Crippen molar-refractivity contribution in [1.29, 1.82) is 0 Å². The fourth-order valence-electron chi connectivity index (χ4n) is 4.04. The molecule has 1 heterocycles. The zero-order valence-electron chi connectivity index (χ0n) is 14.8. The van der Waals surface area contributed by atoms with Gasteiger partial charge in [-0.25, -0.2) is 0 Å². The smallest absolute Gasteiger partial charge is 0.274 e. The van der Waals surface area contributed by atoms with Crippen LogP contribution in [-0.4, -0.2) is 46.8 Å². The van der Waals surface area contributed by atoms with Gasteiger partial charge in [0.15, 0.2) is 5.69 Å². The normalized spacial score (nSPS) is 21.4. The number of aromatic nitrogens is 2. The summed E-state index contributed by atoms with van der Waals surface area (Å²) in [7, 11) is 3.62. The van der Waals surface area contributed by atoms with E-state index in [0.29, 0.717) is 17.8 Å². The van der Waals surface area contributed by atoms with Gasteiger partial charge in [-0.3, -0.25) is 9.48 Å². The molecule has 5 nitrogen and oxygen atoms in total.